The number of hydrogen-bond acceptors (Lipinski definition) is 5. The predicted molar refractivity (Wildman–Crippen MR) is 104 cm³/mol. The van der Waals surface area contributed by atoms with Crippen LogP contribution in [0.25, 0.3) is 10.9 Å². The fraction of sp³-hybridized carbons (Fsp3) is 0.222. The van der Waals surface area contributed by atoms with Gasteiger partial charge >= 0.3 is 0 Å². The number of rotatable bonds is 5. The number of halogens is 3. The minimum absolute atomic E-state index is 0.123. The molecule has 0 aliphatic heterocycles. The number of aromatic nitrogens is 2. The Morgan fingerprint density at radius 2 is 1.93 bits per heavy atom. The van der Waals surface area contributed by atoms with Crippen molar-refractivity contribution in [3.8, 4) is 0 Å². The SMILES string of the molecule is Cn1c(=O)c(F)c(Nc2ccc(Br)cc2F)c2c(=O)n(C[C@@H](O)CO)ccc21. The smallest absolute Gasteiger partial charge is 0.289 e. The second kappa shape index (κ2) is 7.82. The van der Waals surface area contributed by atoms with Crippen LogP contribution < -0.4 is 16.4 Å². The van der Waals surface area contributed by atoms with E-state index in [1.54, 1.807) is 0 Å². The van der Waals surface area contributed by atoms with E-state index in [4.69, 9.17) is 5.11 Å². The Morgan fingerprint density at radius 3 is 2.57 bits per heavy atom. The Hall–Kier alpha value is -2.56. The first-order valence-corrected chi connectivity index (χ1v) is 8.96. The largest absolute Gasteiger partial charge is 0.394 e. The number of pyridine rings is 2. The number of aliphatic hydroxyl groups excluding tert-OH is 2. The van der Waals surface area contributed by atoms with E-state index in [-0.39, 0.29) is 23.1 Å². The second-order valence-electron chi connectivity index (χ2n) is 6.17. The minimum atomic E-state index is -1.24. The van der Waals surface area contributed by atoms with Gasteiger partial charge in [0.15, 0.2) is 0 Å². The van der Waals surface area contributed by atoms with E-state index in [0.29, 0.717) is 4.47 Å². The highest BCUT2D eigenvalue weighted by molar-refractivity contribution is 9.10. The number of anilines is 2. The molecule has 0 fully saturated rings. The van der Waals surface area contributed by atoms with Crippen LogP contribution in [0.3, 0.4) is 0 Å². The van der Waals surface area contributed by atoms with Gasteiger partial charge in [0.2, 0.25) is 5.82 Å². The zero-order valence-electron chi connectivity index (χ0n) is 14.6. The summed E-state index contributed by atoms with van der Waals surface area (Å²) in [5.41, 5.74) is -2.15. The van der Waals surface area contributed by atoms with Gasteiger partial charge in [-0.3, -0.25) is 9.59 Å². The van der Waals surface area contributed by atoms with Gasteiger partial charge in [0.1, 0.15) is 5.82 Å². The van der Waals surface area contributed by atoms with Crippen molar-refractivity contribution in [1.82, 2.24) is 9.13 Å². The number of hydrogen-bond donors (Lipinski definition) is 3. The van der Waals surface area contributed by atoms with E-state index < -0.39 is 41.2 Å². The molecule has 0 saturated heterocycles. The lowest BCUT2D eigenvalue weighted by Gasteiger charge is -2.16. The van der Waals surface area contributed by atoms with Crippen LogP contribution in [-0.4, -0.2) is 32.1 Å². The maximum atomic E-state index is 14.8. The molecule has 0 spiro atoms. The van der Waals surface area contributed by atoms with Crippen molar-refractivity contribution in [2.75, 3.05) is 11.9 Å². The summed E-state index contributed by atoms with van der Waals surface area (Å²) in [4.78, 5) is 25.1. The van der Waals surface area contributed by atoms with Crippen molar-refractivity contribution in [1.29, 1.82) is 0 Å². The van der Waals surface area contributed by atoms with Crippen molar-refractivity contribution in [2.45, 2.75) is 12.6 Å². The van der Waals surface area contributed by atoms with Gasteiger partial charge in [0, 0.05) is 17.7 Å². The Labute approximate surface area is 165 Å². The molecule has 2 heterocycles. The molecular weight excluding hydrogens is 440 g/mol. The number of benzene rings is 1. The molecule has 0 radical (unpaired) electrons. The molecule has 0 saturated carbocycles. The lowest BCUT2D eigenvalue weighted by atomic mass is 10.2. The molecule has 0 unspecified atom stereocenters. The summed E-state index contributed by atoms with van der Waals surface area (Å²) in [6.45, 7) is -0.802. The standard InChI is InChI=1S/C18H16BrF2N3O4/c1-23-13-4-5-24(7-10(26)8-25)17(27)14(13)16(15(21)18(23)28)22-12-3-2-9(19)6-11(12)20/h2-6,10,22,25-26H,7-8H2,1H3/t10-/m1/s1. The molecule has 3 N–H and O–H groups in total. The summed E-state index contributed by atoms with van der Waals surface area (Å²) in [5.74, 6) is -1.95. The zero-order valence-corrected chi connectivity index (χ0v) is 16.2. The molecule has 1 atom stereocenters. The first kappa shape index (κ1) is 20.2. The highest BCUT2D eigenvalue weighted by atomic mass is 79.9. The number of aryl methyl sites for hydroxylation is 1. The molecule has 1 aromatic carbocycles. The summed E-state index contributed by atoms with van der Waals surface area (Å²) >= 11 is 3.12. The topological polar surface area (TPSA) is 96.5 Å². The average molecular weight is 456 g/mol. The van der Waals surface area contributed by atoms with Crippen molar-refractivity contribution >= 4 is 38.2 Å². The van der Waals surface area contributed by atoms with Gasteiger partial charge in [-0.05, 0) is 24.3 Å². The van der Waals surface area contributed by atoms with Gasteiger partial charge < -0.3 is 24.7 Å². The summed E-state index contributed by atoms with van der Waals surface area (Å²) in [5, 5.41) is 20.9. The van der Waals surface area contributed by atoms with Gasteiger partial charge in [-0.25, -0.2) is 4.39 Å². The summed E-state index contributed by atoms with van der Waals surface area (Å²) in [6, 6.07) is 5.41. The summed E-state index contributed by atoms with van der Waals surface area (Å²) in [6.07, 6.45) is 0.123. The van der Waals surface area contributed by atoms with Crippen molar-refractivity contribution in [3.63, 3.8) is 0 Å². The number of aliphatic hydroxyl groups is 2. The lowest BCUT2D eigenvalue weighted by Crippen LogP contribution is -2.31. The highest BCUT2D eigenvalue weighted by Crippen LogP contribution is 2.28. The molecule has 148 valence electrons. The number of fused-ring (bicyclic) bond motifs is 1. The van der Waals surface area contributed by atoms with Crippen LogP contribution in [0.15, 0.2) is 44.5 Å². The summed E-state index contributed by atoms with van der Waals surface area (Å²) < 4.78 is 31.5. The molecule has 10 heteroatoms. The minimum Gasteiger partial charge on any atom is -0.394 e. The van der Waals surface area contributed by atoms with Crippen LogP contribution in [-0.2, 0) is 13.6 Å². The first-order chi connectivity index (χ1) is 13.2. The molecule has 28 heavy (non-hydrogen) atoms. The zero-order chi connectivity index (χ0) is 20.6. The third kappa shape index (κ3) is 3.58. The van der Waals surface area contributed by atoms with Gasteiger partial charge in [0.25, 0.3) is 11.1 Å². The van der Waals surface area contributed by atoms with Gasteiger partial charge in [0.05, 0.1) is 41.5 Å². The normalized spacial score (nSPS) is 12.4. The van der Waals surface area contributed by atoms with Crippen LogP contribution in [0.1, 0.15) is 0 Å². The van der Waals surface area contributed by atoms with Crippen LogP contribution >= 0.6 is 15.9 Å². The maximum absolute atomic E-state index is 14.8. The Morgan fingerprint density at radius 1 is 1.21 bits per heavy atom. The molecule has 0 amide bonds. The molecule has 7 nitrogen and oxygen atoms in total. The second-order valence-corrected chi connectivity index (χ2v) is 7.09. The van der Waals surface area contributed by atoms with E-state index in [1.807, 2.05) is 0 Å². The third-order valence-electron chi connectivity index (χ3n) is 4.28. The Balaban J connectivity index is 2.29. The molecule has 2 aromatic heterocycles. The molecule has 3 aromatic rings. The van der Waals surface area contributed by atoms with Crippen molar-refractivity contribution < 1.29 is 19.0 Å². The number of nitrogens with one attached hydrogen (secondary N) is 1. The van der Waals surface area contributed by atoms with E-state index in [2.05, 4.69) is 21.2 Å². The Kier molecular flexibility index (Phi) is 5.64. The van der Waals surface area contributed by atoms with Crippen molar-refractivity contribution in [2.24, 2.45) is 7.05 Å². The van der Waals surface area contributed by atoms with Crippen LogP contribution in [0, 0.1) is 11.6 Å². The third-order valence-corrected chi connectivity index (χ3v) is 4.77. The van der Waals surface area contributed by atoms with E-state index in [0.717, 1.165) is 15.2 Å². The van der Waals surface area contributed by atoms with Crippen molar-refractivity contribution in [3.05, 3.63) is 67.3 Å². The molecular formula is C18H16BrF2N3O4. The molecule has 3 rings (SSSR count). The van der Waals surface area contributed by atoms with Gasteiger partial charge in [-0.2, -0.15) is 4.39 Å². The fourth-order valence-electron chi connectivity index (χ4n) is 2.82. The molecule has 0 bridgehead atoms. The quantitative estimate of drug-likeness (QED) is 0.545. The highest BCUT2D eigenvalue weighted by Gasteiger charge is 2.20. The average Bonchev–Trinajstić information content (AvgIpc) is 2.66. The molecule has 0 aliphatic rings. The maximum Gasteiger partial charge on any atom is 0.289 e. The van der Waals surface area contributed by atoms with Crippen LogP contribution in [0.5, 0.6) is 0 Å². The molecule has 0 aliphatic carbocycles. The van der Waals surface area contributed by atoms with E-state index >= 15 is 0 Å². The fourth-order valence-corrected chi connectivity index (χ4v) is 3.16. The summed E-state index contributed by atoms with van der Waals surface area (Å²) in [7, 11) is 1.31. The van der Waals surface area contributed by atoms with Gasteiger partial charge in [-0.1, -0.05) is 15.9 Å². The van der Waals surface area contributed by atoms with E-state index in [1.165, 1.54) is 31.4 Å². The monoisotopic (exact) mass is 455 g/mol. The lowest BCUT2D eigenvalue weighted by molar-refractivity contribution is 0.0805. The first-order valence-electron chi connectivity index (χ1n) is 8.17. The predicted octanol–water partition coefficient (Wildman–Crippen LogP) is 1.84. The Bertz CT molecular complexity index is 1180. The van der Waals surface area contributed by atoms with Crippen LogP contribution in [0.4, 0.5) is 20.2 Å². The number of nitrogens with zero attached hydrogens (tertiary/aromatic N) is 2. The van der Waals surface area contributed by atoms with Crippen LogP contribution in [0.2, 0.25) is 0 Å². The van der Waals surface area contributed by atoms with E-state index in [9.17, 15) is 23.5 Å². The van der Waals surface area contributed by atoms with Gasteiger partial charge in [-0.15, -0.1) is 0 Å².